The highest BCUT2D eigenvalue weighted by atomic mass is 35.5. The third-order valence-electron chi connectivity index (χ3n) is 4.85. The number of carbonyl (C=O) groups is 1. The molecular formula is C24H24ClN3O4S. The van der Waals surface area contributed by atoms with Crippen LogP contribution in [0.2, 0.25) is 0 Å². The van der Waals surface area contributed by atoms with E-state index in [1.54, 1.807) is 30.5 Å². The molecule has 9 heteroatoms. The first-order valence-electron chi connectivity index (χ1n) is 9.84. The summed E-state index contributed by atoms with van der Waals surface area (Å²) in [5.74, 6) is 5.22. The van der Waals surface area contributed by atoms with Gasteiger partial charge in [-0.25, -0.2) is 13.9 Å². The zero-order valence-corrected chi connectivity index (χ0v) is 19.7. The summed E-state index contributed by atoms with van der Waals surface area (Å²) in [4.78, 5) is 16.0. The molecule has 0 aliphatic carbocycles. The van der Waals surface area contributed by atoms with E-state index in [1.807, 2.05) is 31.2 Å². The summed E-state index contributed by atoms with van der Waals surface area (Å²) >= 11 is 0. The van der Waals surface area contributed by atoms with E-state index in [2.05, 4.69) is 16.8 Å². The van der Waals surface area contributed by atoms with Crippen LogP contribution in [0.4, 0.5) is 0 Å². The van der Waals surface area contributed by atoms with Gasteiger partial charge in [0.1, 0.15) is 6.04 Å². The first kappa shape index (κ1) is 26.0. The van der Waals surface area contributed by atoms with Gasteiger partial charge in [0.25, 0.3) is 5.91 Å². The number of nitrogens with one attached hydrogen (secondary N) is 1. The van der Waals surface area contributed by atoms with E-state index in [0.717, 1.165) is 15.4 Å². The molecule has 0 saturated carbocycles. The van der Waals surface area contributed by atoms with Crippen molar-refractivity contribution in [2.75, 3.05) is 0 Å². The smallest absolute Gasteiger partial charge is 0.261 e. The molecule has 0 bridgehead atoms. The van der Waals surface area contributed by atoms with Crippen LogP contribution in [-0.4, -0.2) is 34.9 Å². The predicted molar refractivity (Wildman–Crippen MR) is 127 cm³/mol. The van der Waals surface area contributed by atoms with E-state index in [9.17, 15) is 13.2 Å². The minimum atomic E-state index is -4.06. The van der Waals surface area contributed by atoms with E-state index in [-0.39, 0.29) is 23.8 Å². The molecule has 0 spiro atoms. The van der Waals surface area contributed by atoms with Crippen molar-refractivity contribution in [1.82, 2.24) is 14.8 Å². The highest BCUT2D eigenvalue weighted by molar-refractivity contribution is 7.89. The second-order valence-corrected chi connectivity index (χ2v) is 9.09. The fourth-order valence-electron chi connectivity index (χ4n) is 2.95. The van der Waals surface area contributed by atoms with E-state index < -0.39 is 22.0 Å². The molecule has 1 aromatic heterocycles. The van der Waals surface area contributed by atoms with Crippen molar-refractivity contribution >= 4 is 28.3 Å². The Bertz CT molecular complexity index is 1240. The summed E-state index contributed by atoms with van der Waals surface area (Å²) in [6.45, 7) is 3.32. The van der Waals surface area contributed by atoms with Gasteiger partial charge in [-0.05, 0) is 61.9 Å². The number of aromatic nitrogens is 1. The van der Waals surface area contributed by atoms with Gasteiger partial charge < -0.3 is 0 Å². The number of carbonyl (C=O) groups excluding carboxylic acids is 1. The lowest BCUT2D eigenvalue weighted by atomic mass is 10.1. The first-order chi connectivity index (χ1) is 15.3. The molecule has 0 aliphatic heterocycles. The zero-order valence-electron chi connectivity index (χ0n) is 18.1. The molecule has 33 heavy (non-hydrogen) atoms. The number of pyridine rings is 1. The maximum absolute atomic E-state index is 13.3. The Balaban J connectivity index is 0.00000385. The molecule has 2 aromatic carbocycles. The van der Waals surface area contributed by atoms with E-state index >= 15 is 0 Å². The van der Waals surface area contributed by atoms with Crippen molar-refractivity contribution in [3.8, 4) is 11.8 Å². The Morgan fingerprint density at radius 3 is 2.15 bits per heavy atom. The third-order valence-corrected chi connectivity index (χ3v) is 6.78. The number of halogens is 1. The van der Waals surface area contributed by atoms with Crippen LogP contribution in [0.25, 0.3) is 0 Å². The molecule has 0 fully saturated rings. The topological polar surface area (TPSA) is 99.6 Å². The van der Waals surface area contributed by atoms with Crippen LogP contribution in [0.15, 0.2) is 78.0 Å². The lowest BCUT2D eigenvalue weighted by molar-refractivity contribution is -0.132. The highest BCUT2D eigenvalue weighted by Crippen LogP contribution is 2.21. The number of hydrogen-bond donors (Lipinski definition) is 2. The van der Waals surface area contributed by atoms with Crippen molar-refractivity contribution in [2.45, 2.75) is 31.3 Å². The van der Waals surface area contributed by atoms with Gasteiger partial charge >= 0.3 is 0 Å². The second-order valence-electron chi connectivity index (χ2n) is 7.20. The molecule has 1 heterocycles. The number of hydroxylamine groups is 1. The van der Waals surface area contributed by atoms with Crippen molar-refractivity contribution in [3.63, 3.8) is 0 Å². The van der Waals surface area contributed by atoms with Crippen LogP contribution >= 0.6 is 12.4 Å². The molecular weight excluding hydrogens is 462 g/mol. The molecule has 172 valence electrons. The first-order valence-corrected chi connectivity index (χ1v) is 11.3. The van der Waals surface area contributed by atoms with Crippen molar-refractivity contribution < 1.29 is 18.4 Å². The SMILES string of the molecule is Cc1ccc(C#Cc2ccc(S(=O)(=O)N(Cc3cccnc3)[C@H](C)C(=O)NO)cc2)cc1.Cl. The van der Waals surface area contributed by atoms with Crippen molar-refractivity contribution in [1.29, 1.82) is 0 Å². The van der Waals surface area contributed by atoms with Gasteiger partial charge in [0.2, 0.25) is 10.0 Å². The van der Waals surface area contributed by atoms with Gasteiger partial charge in [-0.1, -0.05) is 35.6 Å². The van der Waals surface area contributed by atoms with Gasteiger partial charge in [-0.3, -0.25) is 15.0 Å². The molecule has 0 unspecified atom stereocenters. The van der Waals surface area contributed by atoms with Crippen molar-refractivity contribution in [3.05, 3.63) is 95.3 Å². The number of hydrogen-bond acceptors (Lipinski definition) is 5. The summed E-state index contributed by atoms with van der Waals surface area (Å²) in [6, 6.07) is 16.2. The summed E-state index contributed by atoms with van der Waals surface area (Å²) in [6.07, 6.45) is 3.10. The highest BCUT2D eigenvalue weighted by Gasteiger charge is 2.33. The molecule has 2 N–H and O–H groups in total. The molecule has 1 atom stereocenters. The van der Waals surface area contributed by atoms with E-state index in [1.165, 1.54) is 30.7 Å². The van der Waals surface area contributed by atoms with Crippen LogP contribution in [0.5, 0.6) is 0 Å². The van der Waals surface area contributed by atoms with Gasteiger partial charge in [0, 0.05) is 30.1 Å². The number of nitrogens with zero attached hydrogens (tertiary/aromatic N) is 2. The van der Waals surface area contributed by atoms with Gasteiger partial charge in [0.05, 0.1) is 4.90 Å². The van der Waals surface area contributed by atoms with Gasteiger partial charge in [0.15, 0.2) is 0 Å². The summed E-state index contributed by atoms with van der Waals surface area (Å²) in [7, 11) is -4.06. The predicted octanol–water partition coefficient (Wildman–Crippen LogP) is 3.30. The van der Waals surface area contributed by atoms with Crippen LogP contribution in [0.1, 0.15) is 29.2 Å². The minimum absolute atomic E-state index is 0. The van der Waals surface area contributed by atoms with Crippen LogP contribution in [0.3, 0.4) is 0 Å². The summed E-state index contributed by atoms with van der Waals surface area (Å²) in [5.41, 5.74) is 4.79. The van der Waals surface area contributed by atoms with Crippen LogP contribution in [-0.2, 0) is 21.4 Å². The number of benzene rings is 2. The monoisotopic (exact) mass is 485 g/mol. The van der Waals surface area contributed by atoms with E-state index in [4.69, 9.17) is 5.21 Å². The van der Waals surface area contributed by atoms with Crippen LogP contribution < -0.4 is 5.48 Å². The van der Waals surface area contributed by atoms with Crippen molar-refractivity contribution in [2.24, 2.45) is 0 Å². The number of rotatable bonds is 6. The minimum Gasteiger partial charge on any atom is -0.289 e. The van der Waals surface area contributed by atoms with E-state index in [0.29, 0.717) is 11.1 Å². The summed E-state index contributed by atoms with van der Waals surface area (Å²) < 4.78 is 27.7. The molecule has 1 amide bonds. The summed E-state index contributed by atoms with van der Waals surface area (Å²) in [5, 5.41) is 9.01. The Morgan fingerprint density at radius 2 is 1.64 bits per heavy atom. The fraction of sp³-hybridized carbons (Fsp3) is 0.167. The Labute approximate surface area is 199 Å². The quantitative estimate of drug-likeness (QED) is 0.317. The Kier molecular flexibility index (Phi) is 9.14. The number of aryl methyl sites for hydroxylation is 1. The molecule has 0 aliphatic rings. The number of amides is 1. The lowest BCUT2D eigenvalue weighted by Crippen LogP contribution is -2.46. The van der Waals surface area contributed by atoms with Crippen LogP contribution in [0, 0.1) is 18.8 Å². The molecule has 7 nitrogen and oxygen atoms in total. The maximum atomic E-state index is 13.3. The maximum Gasteiger partial charge on any atom is 0.261 e. The molecule has 3 rings (SSSR count). The third kappa shape index (κ3) is 6.63. The van der Waals surface area contributed by atoms with Gasteiger partial charge in [-0.15, -0.1) is 12.4 Å². The second kappa shape index (κ2) is 11.6. The lowest BCUT2D eigenvalue weighted by Gasteiger charge is -2.27. The molecule has 0 saturated heterocycles. The zero-order chi connectivity index (χ0) is 23.1. The largest absolute Gasteiger partial charge is 0.289 e. The average molecular weight is 486 g/mol. The normalized spacial score (nSPS) is 11.6. The Hall–Kier alpha value is -3.22. The van der Waals surface area contributed by atoms with Gasteiger partial charge in [-0.2, -0.15) is 4.31 Å². The molecule has 3 aromatic rings. The standard InChI is InChI=1S/C24H23N3O4S.ClH/c1-18-5-7-20(8-6-18)9-10-21-11-13-23(14-12-21)32(30,31)27(19(2)24(28)26-29)17-22-4-3-15-25-16-22;/h3-8,11-16,19,29H,17H2,1-2H3,(H,26,28);1H/t19-;/m1./s1. The fourth-order valence-corrected chi connectivity index (χ4v) is 4.53. The Morgan fingerprint density at radius 1 is 1.06 bits per heavy atom. The average Bonchev–Trinajstić information content (AvgIpc) is 2.82. The molecule has 0 radical (unpaired) electrons. The number of sulfonamides is 1.